The fraction of sp³-hybridized carbons (Fsp3) is 0.842. The quantitative estimate of drug-likeness (QED) is 0.721. The van der Waals surface area contributed by atoms with Crippen molar-refractivity contribution in [1.82, 2.24) is 14.7 Å². The van der Waals surface area contributed by atoms with Crippen LogP contribution in [-0.4, -0.2) is 71.2 Å². The van der Waals surface area contributed by atoms with E-state index in [1.165, 1.54) is 0 Å². The molecule has 25 heavy (non-hydrogen) atoms. The van der Waals surface area contributed by atoms with Gasteiger partial charge in [-0.3, -0.25) is 14.4 Å². The van der Waals surface area contributed by atoms with E-state index < -0.39 is 0 Å². The summed E-state index contributed by atoms with van der Waals surface area (Å²) in [5, 5.41) is 0. The molecule has 140 valence electrons. The minimum atomic E-state index is 0.0557. The number of hydrogen-bond donors (Lipinski definition) is 0. The van der Waals surface area contributed by atoms with E-state index in [0.717, 1.165) is 58.2 Å². The van der Waals surface area contributed by atoms with Crippen LogP contribution in [0.3, 0.4) is 0 Å². The molecule has 0 saturated carbocycles. The van der Waals surface area contributed by atoms with Crippen LogP contribution in [0, 0.1) is 11.8 Å². The van der Waals surface area contributed by atoms with Gasteiger partial charge >= 0.3 is 0 Å². The molecule has 6 heteroatoms. The number of likely N-dealkylation sites (tertiary alicyclic amines) is 3. The first kappa shape index (κ1) is 18.2. The summed E-state index contributed by atoms with van der Waals surface area (Å²) in [5.74, 6) is 1.02. The number of rotatable bonds is 1. The number of nitrogens with zero attached hydrogens (tertiary/aromatic N) is 3. The second kappa shape index (κ2) is 7.75. The van der Waals surface area contributed by atoms with Crippen LogP contribution in [0.1, 0.15) is 52.4 Å². The number of fused-ring (bicyclic) bond motifs is 1. The highest BCUT2D eigenvalue weighted by molar-refractivity contribution is 5.80. The molecule has 3 rings (SSSR count). The van der Waals surface area contributed by atoms with Gasteiger partial charge in [-0.1, -0.05) is 6.42 Å². The van der Waals surface area contributed by atoms with Gasteiger partial charge in [-0.25, -0.2) is 0 Å². The van der Waals surface area contributed by atoms with Gasteiger partial charge in [-0.05, 0) is 38.0 Å². The van der Waals surface area contributed by atoms with Crippen molar-refractivity contribution < 1.29 is 14.4 Å². The Labute approximate surface area is 150 Å². The summed E-state index contributed by atoms with van der Waals surface area (Å²) in [5.41, 5.74) is 0. The van der Waals surface area contributed by atoms with Crippen molar-refractivity contribution in [2.24, 2.45) is 11.8 Å². The highest BCUT2D eigenvalue weighted by atomic mass is 16.2. The van der Waals surface area contributed by atoms with E-state index in [1.807, 2.05) is 9.80 Å². The molecule has 0 spiro atoms. The molecule has 0 radical (unpaired) electrons. The van der Waals surface area contributed by atoms with Crippen molar-refractivity contribution in [2.75, 3.05) is 32.7 Å². The van der Waals surface area contributed by atoms with E-state index in [0.29, 0.717) is 19.0 Å². The molecule has 0 aromatic rings. The Bertz CT molecular complexity index is 528. The Kier molecular flexibility index (Phi) is 5.64. The minimum Gasteiger partial charge on any atom is -0.343 e. The molecular formula is C19H31N3O3. The first-order valence-corrected chi connectivity index (χ1v) is 9.79. The van der Waals surface area contributed by atoms with Crippen LogP contribution in [0.2, 0.25) is 0 Å². The predicted molar refractivity (Wildman–Crippen MR) is 94.7 cm³/mol. The second-order valence-electron chi connectivity index (χ2n) is 7.89. The van der Waals surface area contributed by atoms with Gasteiger partial charge < -0.3 is 14.7 Å². The minimum absolute atomic E-state index is 0.0557. The number of amides is 3. The van der Waals surface area contributed by atoms with Crippen LogP contribution >= 0.6 is 0 Å². The predicted octanol–water partition coefficient (Wildman–Crippen LogP) is 1.49. The average Bonchev–Trinajstić information content (AvgIpc) is 2.82. The maximum absolute atomic E-state index is 13.2. The zero-order valence-corrected chi connectivity index (χ0v) is 15.6. The Morgan fingerprint density at radius 3 is 2.04 bits per heavy atom. The van der Waals surface area contributed by atoms with Gasteiger partial charge in [0.15, 0.2) is 0 Å². The highest BCUT2D eigenvalue weighted by Gasteiger charge is 2.39. The monoisotopic (exact) mass is 349 g/mol. The third-order valence-electron chi connectivity index (χ3n) is 6.34. The lowest BCUT2D eigenvalue weighted by molar-refractivity contribution is -0.144. The molecule has 3 fully saturated rings. The number of carbonyl (C=O) groups excluding carboxylic acids is 3. The molecule has 3 amide bonds. The normalized spacial score (nSPS) is 28.3. The molecule has 0 aliphatic carbocycles. The van der Waals surface area contributed by atoms with Crippen LogP contribution < -0.4 is 0 Å². The maximum Gasteiger partial charge on any atom is 0.226 e. The van der Waals surface area contributed by atoms with Crippen molar-refractivity contribution in [1.29, 1.82) is 0 Å². The molecule has 0 aromatic heterocycles. The zero-order chi connectivity index (χ0) is 18.0. The number of hydrogen-bond acceptors (Lipinski definition) is 3. The van der Waals surface area contributed by atoms with Gasteiger partial charge in [0, 0.05) is 58.5 Å². The maximum atomic E-state index is 13.2. The van der Waals surface area contributed by atoms with Crippen LogP contribution in [0.15, 0.2) is 0 Å². The Hall–Kier alpha value is -1.59. The largest absolute Gasteiger partial charge is 0.343 e. The zero-order valence-electron chi connectivity index (χ0n) is 15.6. The van der Waals surface area contributed by atoms with Crippen LogP contribution in [0.25, 0.3) is 0 Å². The molecule has 0 aromatic carbocycles. The SMILES string of the molecule is CC(=O)N1CCC(C(=O)N2CCCC[C@H]3CN(C(C)=O)CC[C@H]32)CC1. The summed E-state index contributed by atoms with van der Waals surface area (Å²) in [6.07, 6.45) is 5.78. The van der Waals surface area contributed by atoms with E-state index in [-0.39, 0.29) is 29.7 Å². The van der Waals surface area contributed by atoms with E-state index >= 15 is 0 Å². The summed E-state index contributed by atoms with van der Waals surface area (Å²) in [4.78, 5) is 42.3. The lowest BCUT2D eigenvalue weighted by Crippen LogP contribution is -2.55. The van der Waals surface area contributed by atoms with Gasteiger partial charge in [0.05, 0.1) is 0 Å². The first-order chi connectivity index (χ1) is 12.0. The third kappa shape index (κ3) is 3.98. The second-order valence-corrected chi connectivity index (χ2v) is 7.89. The molecule has 6 nitrogen and oxygen atoms in total. The van der Waals surface area contributed by atoms with E-state index in [9.17, 15) is 14.4 Å². The molecule has 0 N–H and O–H groups in total. The summed E-state index contributed by atoms with van der Waals surface area (Å²) in [6, 6.07) is 0.288. The molecule has 3 aliphatic rings. The molecule has 2 atom stereocenters. The lowest BCUT2D eigenvalue weighted by Gasteiger charge is -2.44. The summed E-state index contributed by atoms with van der Waals surface area (Å²) >= 11 is 0. The van der Waals surface area contributed by atoms with E-state index in [4.69, 9.17) is 0 Å². The molecule has 3 saturated heterocycles. The van der Waals surface area contributed by atoms with Crippen molar-refractivity contribution in [3.05, 3.63) is 0 Å². The van der Waals surface area contributed by atoms with Gasteiger partial charge in [0.1, 0.15) is 0 Å². The van der Waals surface area contributed by atoms with Crippen molar-refractivity contribution in [2.45, 2.75) is 58.4 Å². The van der Waals surface area contributed by atoms with E-state index in [1.54, 1.807) is 13.8 Å². The van der Waals surface area contributed by atoms with Crippen LogP contribution in [0.5, 0.6) is 0 Å². The van der Waals surface area contributed by atoms with Gasteiger partial charge in [-0.2, -0.15) is 0 Å². The van der Waals surface area contributed by atoms with Gasteiger partial charge in [0.2, 0.25) is 17.7 Å². The van der Waals surface area contributed by atoms with E-state index in [2.05, 4.69) is 4.90 Å². The number of carbonyl (C=O) groups is 3. The average molecular weight is 349 g/mol. The Morgan fingerprint density at radius 1 is 0.760 bits per heavy atom. The molecular weight excluding hydrogens is 318 g/mol. The summed E-state index contributed by atoms with van der Waals surface area (Å²) in [6.45, 7) is 7.06. The Balaban J connectivity index is 1.65. The topological polar surface area (TPSA) is 60.9 Å². The van der Waals surface area contributed by atoms with Crippen molar-refractivity contribution in [3.63, 3.8) is 0 Å². The first-order valence-electron chi connectivity index (χ1n) is 9.79. The molecule has 3 heterocycles. The van der Waals surface area contributed by atoms with Gasteiger partial charge in [-0.15, -0.1) is 0 Å². The van der Waals surface area contributed by atoms with Crippen molar-refractivity contribution in [3.8, 4) is 0 Å². The fourth-order valence-corrected chi connectivity index (χ4v) is 4.80. The molecule has 0 unspecified atom stereocenters. The summed E-state index contributed by atoms with van der Waals surface area (Å²) < 4.78 is 0. The standard InChI is InChI=1S/C19H31N3O3/c1-14(23)20-10-6-16(7-11-20)19(25)22-9-4-3-5-17-13-21(15(2)24)12-8-18(17)22/h16-18H,3-13H2,1-2H3/t17-,18+/m0/s1. The van der Waals surface area contributed by atoms with Crippen LogP contribution in [-0.2, 0) is 14.4 Å². The summed E-state index contributed by atoms with van der Waals surface area (Å²) in [7, 11) is 0. The third-order valence-corrected chi connectivity index (χ3v) is 6.34. The number of piperidine rings is 2. The van der Waals surface area contributed by atoms with Crippen molar-refractivity contribution >= 4 is 17.7 Å². The van der Waals surface area contributed by atoms with Gasteiger partial charge in [0.25, 0.3) is 0 Å². The Morgan fingerprint density at radius 2 is 1.40 bits per heavy atom. The fourth-order valence-electron chi connectivity index (χ4n) is 4.80. The molecule has 0 bridgehead atoms. The smallest absolute Gasteiger partial charge is 0.226 e. The highest BCUT2D eigenvalue weighted by Crippen LogP contribution is 2.32. The lowest BCUT2D eigenvalue weighted by atomic mass is 9.87. The molecule has 3 aliphatic heterocycles. The van der Waals surface area contributed by atoms with Crippen LogP contribution in [0.4, 0.5) is 0 Å².